The quantitative estimate of drug-likeness (QED) is 0.703. The van der Waals surface area contributed by atoms with Crippen LogP contribution in [0.2, 0.25) is 0 Å². The summed E-state index contributed by atoms with van der Waals surface area (Å²) in [4.78, 5) is 29.9. The fourth-order valence-corrected chi connectivity index (χ4v) is 2.72. The molecule has 132 valence electrons. The van der Waals surface area contributed by atoms with Gasteiger partial charge in [-0.3, -0.25) is 18.5 Å². The van der Waals surface area contributed by atoms with Crippen molar-refractivity contribution in [2.45, 2.75) is 19.6 Å². The molecule has 0 unspecified atom stereocenters. The lowest BCUT2D eigenvalue weighted by atomic mass is 10.3. The molecule has 25 heavy (non-hydrogen) atoms. The van der Waals surface area contributed by atoms with Crippen LogP contribution in [0.4, 0.5) is 8.78 Å². The first kappa shape index (κ1) is 16.9. The minimum atomic E-state index is -2.72. The summed E-state index contributed by atoms with van der Waals surface area (Å²) in [7, 11) is 3.12. The Balaban J connectivity index is 1.82. The zero-order valence-corrected chi connectivity index (χ0v) is 13.8. The van der Waals surface area contributed by atoms with E-state index in [2.05, 4.69) is 4.98 Å². The van der Waals surface area contributed by atoms with Crippen LogP contribution in [0.1, 0.15) is 12.4 Å². The highest BCUT2D eigenvalue weighted by atomic mass is 19.3. The number of hydrogen-bond donors (Lipinski definition) is 0. The minimum Gasteiger partial charge on any atom is -0.337 e. The molecule has 3 rings (SSSR count). The number of aryl methyl sites for hydroxylation is 1. The van der Waals surface area contributed by atoms with E-state index in [9.17, 15) is 18.4 Å². The largest absolute Gasteiger partial charge is 0.337 e. The van der Waals surface area contributed by atoms with Crippen molar-refractivity contribution in [1.82, 2.24) is 23.6 Å². The zero-order chi connectivity index (χ0) is 18.1. The summed E-state index contributed by atoms with van der Waals surface area (Å²) in [5, 5.41) is 0. The van der Waals surface area contributed by atoms with E-state index in [1.165, 1.54) is 27.3 Å². The molecule has 0 spiro atoms. The van der Waals surface area contributed by atoms with E-state index in [0.29, 0.717) is 10.1 Å². The monoisotopic (exact) mass is 349 g/mol. The van der Waals surface area contributed by atoms with Crippen LogP contribution >= 0.6 is 0 Å². The Bertz CT molecular complexity index is 972. The third kappa shape index (κ3) is 3.04. The molecular formula is C16H17F2N5O2. The van der Waals surface area contributed by atoms with Gasteiger partial charge >= 0.3 is 12.2 Å². The number of rotatable bonds is 5. The topological polar surface area (TPSA) is 65.1 Å². The van der Waals surface area contributed by atoms with Crippen LogP contribution in [-0.2, 0) is 24.9 Å². The lowest BCUT2D eigenvalue weighted by Gasteiger charge is -2.18. The highest BCUT2D eigenvalue weighted by molar-refractivity contribution is 5.80. The van der Waals surface area contributed by atoms with Gasteiger partial charge in [0.25, 0.3) is 0 Å². The second-order valence-corrected chi connectivity index (χ2v) is 5.69. The van der Waals surface area contributed by atoms with Gasteiger partial charge in [0.15, 0.2) is 0 Å². The number of fused-ring (bicyclic) bond motifs is 1. The number of aromatic nitrogens is 4. The molecule has 0 aliphatic heterocycles. The maximum Gasteiger partial charge on any atom is 0.329 e. The predicted octanol–water partition coefficient (Wildman–Crippen LogP) is 1.59. The molecule has 0 aliphatic carbocycles. The first-order chi connectivity index (χ1) is 11.9. The van der Waals surface area contributed by atoms with Crippen LogP contribution in [0.3, 0.4) is 0 Å². The summed E-state index contributed by atoms with van der Waals surface area (Å²) in [5.41, 5.74) is 1.05. The van der Waals surface area contributed by atoms with Gasteiger partial charge in [-0.2, -0.15) is 8.78 Å². The normalized spacial score (nSPS) is 11.4. The van der Waals surface area contributed by atoms with Crippen molar-refractivity contribution in [2.24, 2.45) is 7.05 Å². The minimum absolute atomic E-state index is 0.0737. The van der Waals surface area contributed by atoms with Gasteiger partial charge < -0.3 is 4.90 Å². The molecule has 0 saturated heterocycles. The van der Waals surface area contributed by atoms with E-state index in [1.807, 2.05) is 6.07 Å². The highest BCUT2D eigenvalue weighted by Crippen LogP contribution is 2.14. The number of hydrogen-bond acceptors (Lipinski definition) is 3. The second kappa shape index (κ2) is 6.50. The van der Waals surface area contributed by atoms with E-state index < -0.39 is 6.55 Å². The van der Waals surface area contributed by atoms with Crippen LogP contribution in [0, 0.1) is 0 Å². The van der Waals surface area contributed by atoms with Crippen LogP contribution < -0.4 is 5.69 Å². The Hall–Kier alpha value is -2.97. The van der Waals surface area contributed by atoms with Gasteiger partial charge in [0.05, 0.1) is 17.6 Å². The summed E-state index contributed by atoms with van der Waals surface area (Å²) in [5.74, 6) is -0.293. The number of carbonyl (C=O) groups excluding carboxylic acids is 1. The van der Waals surface area contributed by atoms with E-state index in [4.69, 9.17) is 0 Å². The Morgan fingerprint density at radius 3 is 2.64 bits per heavy atom. The number of amides is 1. The maximum absolute atomic E-state index is 12.9. The van der Waals surface area contributed by atoms with E-state index in [0.717, 1.165) is 11.7 Å². The van der Waals surface area contributed by atoms with Crippen LogP contribution in [-0.4, -0.2) is 36.5 Å². The number of alkyl halides is 2. The van der Waals surface area contributed by atoms with Crippen molar-refractivity contribution in [3.63, 3.8) is 0 Å². The lowest BCUT2D eigenvalue weighted by Crippen LogP contribution is -2.34. The van der Waals surface area contributed by atoms with Crippen molar-refractivity contribution >= 4 is 16.9 Å². The van der Waals surface area contributed by atoms with Crippen molar-refractivity contribution in [1.29, 1.82) is 0 Å². The number of nitrogens with zero attached hydrogens (tertiary/aromatic N) is 5. The van der Waals surface area contributed by atoms with Crippen molar-refractivity contribution in [3.05, 3.63) is 53.0 Å². The molecule has 0 N–H and O–H groups in total. The molecule has 0 fully saturated rings. The summed E-state index contributed by atoms with van der Waals surface area (Å²) in [6, 6.07) is 7.14. The van der Waals surface area contributed by atoms with Gasteiger partial charge in [0.1, 0.15) is 12.4 Å². The maximum atomic E-state index is 12.9. The highest BCUT2D eigenvalue weighted by Gasteiger charge is 2.19. The third-order valence-electron chi connectivity index (χ3n) is 4.11. The Labute approximate surface area is 141 Å². The number of likely N-dealkylation sites (N-methyl/N-ethyl adjacent to an activating group) is 1. The molecule has 2 heterocycles. The average molecular weight is 349 g/mol. The molecule has 0 radical (unpaired) electrons. The summed E-state index contributed by atoms with van der Waals surface area (Å²) in [6.45, 7) is -2.97. The molecule has 1 aromatic carbocycles. The van der Waals surface area contributed by atoms with E-state index in [-0.39, 0.29) is 30.5 Å². The van der Waals surface area contributed by atoms with Gasteiger partial charge in [0, 0.05) is 26.5 Å². The van der Waals surface area contributed by atoms with Crippen molar-refractivity contribution in [3.8, 4) is 0 Å². The molecule has 0 aliphatic rings. The predicted molar refractivity (Wildman–Crippen MR) is 87.1 cm³/mol. The Kier molecular flexibility index (Phi) is 4.39. The molecule has 2 aromatic heterocycles. The summed E-state index contributed by atoms with van der Waals surface area (Å²) >= 11 is 0. The number of para-hydroxylation sites is 2. The number of imidazole rings is 2. The van der Waals surface area contributed by atoms with Crippen LogP contribution in [0.15, 0.2) is 41.5 Å². The molecule has 3 aromatic rings. The van der Waals surface area contributed by atoms with Gasteiger partial charge in [0.2, 0.25) is 5.91 Å². The number of benzene rings is 1. The zero-order valence-electron chi connectivity index (χ0n) is 13.8. The molecule has 0 atom stereocenters. The van der Waals surface area contributed by atoms with Gasteiger partial charge in [-0.15, -0.1) is 0 Å². The molecule has 1 amide bonds. The van der Waals surface area contributed by atoms with Crippen molar-refractivity contribution < 1.29 is 13.6 Å². The number of carbonyl (C=O) groups is 1. The lowest BCUT2D eigenvalue weighted by molar-refractivity contribution is -0.131. The van der Waals surface area contributed by atoms with Crippen LogP contribution in [0.5, 0.6) is 0 Å². The van der Waals surface area contributed by atoms with Gasteiger partial charge in [-0.1, -0.05) is 12.1 Å². The van der Waals surface area contributed by atoms with Crippen LogP contribution in [0.25, 0.3) is 11.0 Å². The third-order valence-corrected chi connectivity index (χ3v) is 4.11. The average Bonchev–Trinajstić information content (AvgIpc) is 3.14. The van der Waals surface area contributed by atoms with Crippen molar-refractivity contribution in [2.75, 3.05) is 7.05 Å². The number of halogens is 2. The molecular weight excluding hydrogens is 332 g/mol. The first-order valence-electron chi connectivity index (χ1n) is 7.58. The van der Waals surface area contributed by atoms with Gasteiger partial charge in [-0.05, 0) is 12.1 Å². The Morgan fingerprint density at radius 2 is 1.96 bits per heavy atom. The molecule has 0 saturated carbocycles. The standard InChI is InChI=1S/C16H17F2N5O2/c1-20(9-13-19-7-8-22(13)15(17)18)14(24)10-23-12-6-4-3-5-11(12)21(2)16(23)25/h3-8,15H,9-10H2,1-2H3. The smallest absolute Gasteiger partial charge is 0.329 e. The SMILES string of the molecule is CN(Cc1nccn1C(F)F)C(=O)Cn1c(=O)n(C)c2ccccc21. The Morgan fingerprint density at radius 1 is 1.28 bits per heavy atom. The van der Waals surface area contributed by atoms with E-state index in [1.54, 1.807) is 25.2 Å². The first-order valence-corrected chi connectivity index (χ1v) is 7.58. The molecule has 0 bridgehead atoms. The second-order valence-electron chi connectivity index (χ2n) is 5.69. The fourth-order valence-electron chi connectivity index (χ4n) is 2.72. The van der Waals surface area contributed by atoms with E-state index >= 15 is 0 Å². The molecule has 7 nitrogen and oxygen atoms in total. The summed E-state index contributed by atoms with van der Waals surface area (Å²) < 4.78 is 29.3. The van der Waals surface area contributed by atoms with Gasteiger partial charge in [-0.25, -0.2) is 9.78 Å². The molecule has 9 heteroatoms. The fraction of sp³-hybridized carbons (Fsp3) is 0.312. The summed E-state index contributed by atoms with van der Waals surface area (Å²) in [6.07, 6.45) is 2.42.